The summed E-state index contributed by atoms with van der Waals surface area (Å²) in [5.41, 5.74) is 4.33. The Balaban J connectivity index is 2.90. The summed E-state index contributed by atoms with van der Waals surface area (Å²) >= 11 is 6.85. The first kappa shape index (κ1) is 21.0. The number of halogens is 2. The Kier molecular flexibility index (Phi) is 6.57. The fourth-order valence-corrected chi connectivity index (χ4v) is 4.29. The molecule has 0 spiro atoms. The van der Waals surface area contributed by atoms with Crippen LogP contribution < -0.4 is 4.74 Å². The average Bonchev–Trinajstić information content (AvgIpc) is 2.57. The third-order valence-corrected chi connectivity index (χ3v) is 5.46. The SMILES string of the molecule is CCOc1c(C(CC)=C(F)CO)cc2c(c1Cl)C(C)(C)CC=C2C(C)C. The van der Waals surface area contributed by atoms with E-state index in [1.54, 1.807) is 0 Å². The van der Waals surface area contributed by atoms with Gasteiger partial charge in [0.05, 0.1) is 18.2 Å². The smallest absolute Gasteiger partial charge is 0.145 e. The molecule has 1 aliphatic rings. The van der Waals surface area contributed by atoms with Gasteiger partial charge in [-0.3, -0.25) is 0 Å². The van der Waals surface area contributed by atoms with Crippen LogP contribution in [0.1, 0.15) is 71.1 Å². The molecule has 0 saturated carbocycles. The highest BCUT2D eigenvalue weighted by atomic mass is 35.5. The lowest BCUT2D eigenvalue weighted by Crippen LogP contribution is -2.24. The Morgan fingerprint density at radius 3 is 2.50 bits per heavy atom. The Bertz CT molecular complexity index is 745. The zero-order chi connectivity index (χ0) is 19.6. The molecular formula is C22H30ClFO2. The van der Waals surface area contributed by atoms with E-state index in [-0.39, 0.29) is 5.41 Å². The Labute approximate surface area is 161 Å². The molecule has 0 unspecified atom stereocenters. The van der Waals surface area contributed by atoms with E-state index in [1.807, 2.05) is 19.9 Å². The summed E-state index contributed by atoms with van der Waals surface area (Å²) in [6, 6.07) is 2.01. The van der Waals surface area contributed by atoms with Crippen molar-refractivity contribution in [2.45, 2.75) is 59.8 Å². The van der Waals surface area contributed by atoms with E-state index < -0.39 is 12.4 Å². The molecule has 1 aliphatic carbocycles. The number of hydrogen-bond donors (Lipinski definition) is 1. The molecule has 0 atom stereocenters. The lowest BCUT2D eigenvalue weighted by molar-refractivity contribution is 0.298. The molecule has 0 aliphatic heterocycles. The number of benzene rings is 1. The van der Waals surface area contributed by atoms with Gasteiger partial charge < -0.3 is 9.84 Å². The van der Waals surface area contributed by atoms with Crippen LogP contribution in [0.2, 0.25) is 5.02 Å². The van der Waals surface area contributed by atoms with Gasteiger partial charge in [-0.15, -0.1) is 0 Å². The number of fused-ring (bicyclic) bond motifs is 1. The maximum atomic E-state index is 14.4. The van der Waals surface area contributed by atoms with Gasteiger partial charge in [0.25, 0.3) is 0 Å². The normalized spacial score (nSPS) is 16.9. The minimum atomic E-state index is -0.623. The van der Waals surface area contributed by atoms with Gasteiger partial charge in [0.2, 0.25) is 0 Å². The third-order valence-electron chi connectivity index (χ3n) is 5.10. The van der Waals surface area contributed by atoms with Crippen LogP contribution >= 0.6 is 11.6 Å². The quantitative estimate of drug-likeness (QED) is 0.606. The monoisotopic (exact) mass is 380 g/mol. The zero-order valence-electron chi connectivity index (χ0n) is 16.7. The minimum Gasteiger partial charge on any atom is -0.492 e. The van der Waals surface area contributed by atoms with Crippen LogP contribution in [0.5, 0.6) is 5.75 Å². The van der Waals surface area contributed by atoms with Crippen molar-refractivity contribution in [2.24, 2.45) is 5.92 Å². The molecule has 0 radical (unpaired) electrons. The van der Waals surface area contributed by atoms with Gasteiger partial charge in [0.15, 0.2) is 0 Å². The number of aliphatic hydroxyl groups excluding tert-OH is 1. The second-order valence-electron chi connectivity index (χ2n) is 7.72. The highest BCUT2D eigenvalue weighted by Gasteiger charge is 2.34. The summed E-state index contributed by atoms with van der Waals surface area (Å²) in [7, 11) is 0. The zero-order valence-corrected chi connectivity index (χ0v) is 17.4. The molecule has 4 heteroatoms. The Morgan fingerprint density at radius 2 is 2.00 bits per heavy atom. The van der Waals surface area contributed by atoms with E-state index in [4.69, 9.17) is 16.3 Å². The van der Waals surface area contributed by atoms with E-state index in [0.717, 1.165) is 17.5 Å². The molecule has 0 amide bonds. The second-order valence-corrected chi connectivity index (χ2v) is 8.10. The maximum Gasteiger partial charge on any atom is 0.145 e. The highest BCUT2D eigenvalue weighted by Crippen LogP contribution is 2.50. The van der Waals surface area contributed by atoms with Gasteiger partial charge in [-0.1, -0.05) is 52.3 Å². The molecular weight excluding hydrogens is 351 g/mol. The first-order valence-electron chi connectivity index (χ1n) is 9.38. The van der Waals surface area contributed by atoms with Gasteiger partial charge in [-0.05, 0) is 59.4 Å². The van der Waals surface area contributed by atoms with Crippen LogP contribution in [0.3, 0.4) is 0 Å². The summed E-state index contributed by atoms with van der Waals surface area (Å²) in [5.74, 6) is 0.324. The molecule has 0 heterocycles. The number of hydrogen-bond acceptors (Lipinski definition) is 2. The van der Waals surface area contributed by atoms with E-state index in [2.05, 4.69) is 33.8 Å². The van der Waals surface area contributed by atoms with E-state index >= 15 is 0 Å². The van der Waals surface area contributed by atoms with Crippen LogP contribution in [0, 0.1) is 5.92 Å². The van der Waals surface area contributed by atoms with Crippen molar-refractivity contribution in [3.05, 3.63) is 39.7 Å². The fourth-order valence-electron chi connectivity index (χ4n) is 3.78. The molecule has 2 rings (SSSR count). The van der Waals surface area contributed by atoms with Gasteiger partial charge >= 0.3 is 0 Å². The molecule has 1 aromatic rings. The molecule has 1 N–H and O–H groups in total. The number of rotatable bonds is 6. The van der Waals surface area contributed by atoms with Crippen molar-refractivity contribution in [3.63, 3.8) is 0 Å². The van der Waals surface area contributed by atoms with Crippen LogP contribution in [-0.2, 0) is 5.41 Å². The van der Waals surface area contributed by atoms with Crippen LogP contribution in [0.25, 0.3) is 11.1 Å². The van der Waals surface area contributed by atoms with Crippen LogP contribution in [-0.4, -0.2) is 18.3 Å². The van der Waals surface area contributed by atoms with E-state index in [9.17, 15) is 9.50 Å². The number of ether oxygens (including phenoxy) is 1. The van der Waals surface area contributed by atoms with Crippen molar-refractivity contribution in [1.29, 1.82) is 0 Å². The topological polar surface area (TPSA) is 29.5 Å². The van der Waals surface area contributed by atoms with Crippen LogP contribution in [0.4, 0.5) is 4.39 Å². The first-order valence-corrected chi connectivity index (χ1v) is 9.76. The molecule has 0 saturated heterocycles. The number of allylic oxidation sites excluding steroid dienone is 3. The second kappa shape index (κ2) is 8.14. The molecule has 0 fully saturated rings. The Morgan fingerprint density at radius 1 is 1.35 bits per heavy atom. The van der Waals surface area contributed by atoms with Gasteiger partial charge in [0, 0.05) is 5.56 Å². The van der Waals surface area contributed by atoms with Gasteiger partial charge in [-0.2, -0.15) is 0 Å². The summed E-state index contributed by atoms with van der Waals surface area (Å²) in [5, 5.41) is 9.89. The molecule has 26 heavy (non-hydrogen) atoms. The van der Waals surface area contributed by atoms with Gasteiger partial charge in [0.1, 0.15) is 11.6 Å². The molecule has 2 nitrogen and oxygen atoms in total. The summed E-state index contributed by atoms with van der Waals surface area (Å²) in [4.78, 5) is 0. The molecule has 0 bridgehead atoms. The lowest BCUT2D eigenvalue weighted by Gasteiger charge is -2.35. The standard InChI is InChI=1S/C22H30ClFO2/c1-7-14(18(24)12-25)17-11-16-15(13(3)4)9-10-22(5,6)19(16)20(23)21(17)26-8-2/h9,11,13,25H,7-8,10,12H2,1-6H3. The Hall–Kier alpha value is -1.32. The predicted octanol–water partition coefficient (Wildman–Crippen LogP) is 6.54. The van der Waals surface area contributed by atoms with Crippen molar-refractivity contribution in [1.82, 2.24) is 0 Å². The van der Waals surface area contributed by atoms with Gasteiger partial charge in [-0.25, -0.2) is 4.39 Å². The average molecular weight is 381 g/mol. The largest absolute Gasteiger partial charge is 0.492 e. The predicted molar refractivity (Wildman–Crippen MR) is 108 cm³/mol. The van der Waals surface area contributed by atoms with E-state index in [0.29, 0.717) is 40.9 Å². The summed E-state index contributed by atoms with van der Waals surface area (Å²) in [6.07, 6.45) is 3.62. The molecule has 144 valence electrons. The van der Waals surface area contributed by atoms with Crippen molar-refractivity contribution < 1.29 is 14.2 Å². The molecule has 0 aromatic heterocycles. The molecule has 1 aromatic carbocycles. The minimum absolute atomic E-state index is 0.124. The third kappa shape index (κ3) is 3.70. The van der Waals surface area contributed by atoms with Crippen molar-refractivity contribution in [2.75, 3.05) is 13.2 Å². The lowest BCUT2D eigenvalue weighted by atomic mass is 9.70. The van der Waals surface area contributed by atoms with E-state index in [1.165, 1.54) is 5.57 Å². The number of aliphatic hydroxyl groups is 1. The summed E-state index contributed by atoms with van der Waals surface area (Å²) in [6.45, 7) is 12.2. The highest BCUT2D eigenvalue weighted by molar-refractivity contribution is 6.33. The fraction of sp³-hybridized carbons (Fsp3) is 0.545. The maximum absolute atomic E-state index is 14.4. The first-order chi connectivity index (χ1) is 12.2. The summed E-state index contributed by atoms with van der Waals surface area (Å²) < 4.78 is 20.3. The van der Waals surface area contributed by atoms with Crippen molar-refractivity contribution >= 4 is 22.7 Å². The van der Waals surface area contributed by atoms with Crippen molar-refractivity contribution in [3.8, 4) is 5.75 Å². The van der Waals surface area contributed by atoms with Crippen LogP contribution in [0.15, 0.2) is 18.0 Å².